The van der Waals surface area contributed by atoms with Crippen molar-refractivity contribution in [3.8, 4) is 11.4 Å². The summed E-state index contributed by atoms with van der Waals surface area (Å²) < 4.78 is 1.02. The highest BCUT2D eigenvalue weighted by Gasteiger charge is 2.09. The SMILES string of the molecule is Cc1ccc(-c2nc3ncncc3[nH]2)c(Br)c1. The van der Waals surface area contributed by atoms with Crippen molar-refractivity contribution in [1.82, 2.24) is 19.9 Å². The third-order valence-corrected chi connectivity index (χ3v) is 3.20. The maximum atomic E-state index is 4.44. The molecule has 2 aromatic heterocycles. The number of hydrogen-bond donors (Lipinski definition) is 1. The van der Waals surface area contributed by atoms with E-state index < -0.39 is 0 Å². The van der Waals surface area contributed by atoms with Gasteiger partial charge in [-0.15, -0.1) is 0 Å². The number of nitrogens with zero attached hydrogens (tertiary/aromatic N) is 3. The number of benzene rings is 1. The topological polar surface area (TPSA) is 54.5 Å². The van der Waals surface area contributed by atoms with E-state index in [-0.39, 0.29) is 0 Å². The first kappa shape index (κ1) is 10.4. The quantitative estimate of drug-likeness (QED) is 0.749. The fourth-order valence-electron chi connectivity index (χ4n) is 1.70. The molecule has 0 unspecified atom stereocenters. The standard InChI is InChI=1S/C12H9BrN4/c1-7-2-3-8(9(13)4-7)11-16-10-5-14-6-15-12(10)17-11/h2-6H,1H3,(H,14,15,16,17). The molecule has 2 heterocycles. The number of aromatic amines is 1. The lowest BCUT2D eigenvalue weighted by atomic mass is 10.1. The van der Waals surface area contributed by atoms with Crippen molar-refractivity contribution in [3.05, 3.63) is 40.8 Å². The summed E-state index contributed by atoms with van der Waals surface area (Å²) in [5, 5.41) is 0. The Bertz CT molecular complexity index is 657. The summed E-state index contributed by atoms with van der Waals surface area (Å²) in [6, 6.07) is 6.15. The number of aryl methyl sites for hydroxylation is 1. The Balaban J connectivity index is 2.20. The van der Waals surface area contributed by atoms with Crippen LogP contribution in [0.5, 0.6) is 0 Å². The van der Waals surface area contributed by atoms with Gasteiger partial charge in [0.2, 0.25) is 0 Å². The molecule has 4 nitrogen and oxygen atoms in total. The monoisotopic (exact) mass is 288 g/mol. The fraction of sp³-hybridized carbons (Fsp3) is 0.0833. The van der Waals surface area contributed by atoms with Crippen LogP contribution < -0.4 is 0 Å². The summed E-state index contributed by atoms with van der Waals surface area (Å²) in [6.45, 7) is 2.05. The van der Waals surface area contributed by atoms with Gasteiger partial charge < -0.3 is 4.98 Å². The molecule has 3 aromatic rings. The number of hydrogen-bond acceptors (Lipinski definition) is 3. The second-order valence-corrected chi connectivity index (χ2v) is 4.68. The van der Waals surface area contributed by atoms with Gasteiger partial charge in [-0.1, -0.05) is 22.0 Å². The van der Waals surface area contributed by atoms with Crippen molar-refractivity contribution < 1.29 is 0 Å². The molecule has 0 saturated carbocycles. The second kappa shape index (κ2) is 3.92. The van der Waals surface area contributed by atoms with Gasteiger partial charge in [0.15, 0.2) is 5.65 Å². The van der Waals surface area contributed by atoms with Crippen LogP contribution in [0.1, 0.15) is 5.56 Å². The van der Waals surface area contributed by atoms with Crippen LogP contribution in [-0.4, -0.2) is 19.9 Å². The molecule has 0 atom stereocenters. The van der Waals surface area contributed by atoms with Crippen LogP contribution in [0.15, 0.2) is 35.2 Å². The van der Waals surface area contributed by atoms with Crippen LogP contribution in [-0.2, 0) is 0 Å². The van der Waals surface area contributed by atoms with Crippen molar-refractivity contribution in [2.75, 3.05) is 0 Å². The molecular formula is C12H9BrN4. The first-order valence-corrected chi connectivity index (χ1v) is 5.95. The molecule has 3 rings (SSSR count). The number of fused-ring (bicyclic) bond motifs is 1. The normalized spacial score (nSPS) is 10.9. The van der Waals surface area contributed by atoms with Gasteiger partial charge in [0.25, 0.3) is 0 Å². The number of aromatic nitrogens is 4. The van der Waals surface area contributed by atoms with Crippen molar-refractivity contribution in [2.45, 2.75) is 6.92 Å². The molecule has 1 N–H and O–H groups in total. The Labute approximate surface area is 106 Å². The van der Waals surface area contributed by atoms with Gasteiger partial charge in [-0.25, -0.2) is 15.0 Å². The maximum Gasteiger partial charge on any atom is 0.181 e. The molecule has 0 aliphatic carbocycles. The third-order valence-electron chi connectivity index (χ3n) is 2.54. The van der Waals surface area contributed by atoms with E-state index in [1.165, 1.54) is 11.9 Å². The predicted octanol–water partition coefficient (Wildman–Crippen LogP) is 3.09. The van der Waals surface area contributed by atoms with Crippen molar-refractivity contribution in [1.29, 1.82) is 0 Å². The van der Waals surface area contributed by atoms with Crippen LogP contribution in [0.2, 0.25) is 0 Å². The summed E-state index contributed by atoms with van der Waals surface area (Å²) in [5.74, 6) is 0.798. The summed E-state index contributed by atoms with van der Waals surface area (Å²) in [6.07, 6.45) is 3.22. The first-order valence-electron chi connectivity index (χ1n) is 5.16. The molecule has 0 bridgehead atoms. The highest BCUT2D eigenvalue weighted by atomic mass is 79.9. The first-order chi connectivity index (χ1) is 8.24. The van der Waals surface area contributed by atoms with E-state index in [1.54, 1.807) is 6.20 Å². The number of imidazole rings is 1. The molecule has 17 heavy (non-hydrogen) atoms. The Morgan fingerprint density at radius 3 is 2.94 bits per heavy atom. The largest absolute Gasteiger partial charge is 0.335 e. The van der Waals surface area contributed by atoms with E-state index in [1.807, 2.05) is 6.07 Å². The molecule has 0 fully saturated rings. The van der Waals surface area contributed by atoms with Crippen molar-refractivity contribution >= 4 is 27.1 Å². The lowest BCUT2D eigenvalue weighted by Crippen LogP contribution is -1.83. The van der Waals surface area contributed by atoms with Gasteiger partial charge in [-0.05, 0) is 24.6 Å². The van der Waals surface area contributed by atoms with E-state index in [9.17, 15) is 0 Å². The smallest absolute Gasteiger partial charge is 0.181 e. The van der Waals surface area contributed by atoms with Crippen molar-refractivity contribution in [3.63, 3.8) is 0 Å². The zero-order chi connectivity index (χ0) is 11.8. The van der Waals surface area contributed by atoms with Crippen LogP contribution in [0, 0.1) is 6.92 Å². The molecule has 84 valence electrons. The zero-order valence-electron chi connectivity index (χ0n) is 9.11. The average Bonchev–Trinajstić information content (AvgIpc) is 2.72. The van der Waals surface area contributed by atoms with E-state index in [0.717, 1.165) is 21.4 Å². The molecule has 0 saturated heterocycles. The molecule has 0 aliphatic heterocycles. The van der Waals surface area contributed by atoms with E-state index in [2.05, 4.69) is 54.9 Å². The van der Waals surface area contributed by atoms with Gasteiger partial charge in [0, 0.05) is 10.0 Å². The molecule has 0 spiro atoms. The lowest BCUT2D eigenvalue weighted by Gasteiger charge is -2.01. The van der Waals surface area contributed by atoms with E-state index >= 15 is 0 Å². The average molecular weight is 289 g/mol. The van der Waals surface area contributed by atoms with Gasteiger partial charge >= 0.3 is 0 Å². The summed E-state index contributed by atoms with van der Waals surface area (Å²) in [5.41, 5.74) is 3.75. The Morgan fingerprint density at radius 1 is 1.29 bits per heavy atom. The molecule has 0 radical (unpaired) electrons. The summed E-state index contributed by atoms with van der Waals surface area (Å²) in [4.78, 5) is 15.7. The van der Waals surface area contributed by atoms with E-state index in [4.69, 9.17) is 0 Å². The number of H-pyrrole nitrogens is 1. The van der Waals surface area contributed by atoms with Gasteiger partial charge in [-0.2, -0.15) is 0 Å². The highest BCUT2D eigenvalue weighted by Crippen LogP contribution is 2.27. The number of nitrogens with one attached hydrogen (secondary N) is 1. The Hall–Kier alpha value is -1.75. The van der Waals surface area contributed by atoms with Crippen LogP contribution in [0.3, 0.4) is 0 Å². The van der Waals surface area contributed by atoms with Crippen LogP contribution in [0.4, 0.5) is 0 Å². The minimum atomic E-state index is 0.683. The number of halogens is 1. The predicted molar refractivity (Wildman–Crippen MR) is 69.6 cm³/mol. The second-order valence-electron chi connectivity index (χ2n) is 3.83. The molecular weight excluding hydrogens is 280 g/mol. The molecule has 5 heteroatoms. The minimum Gasteiger partial charge on any atom is -0.335 e. The number of rotatable bonds is 1. The Morgan fingerprint density at radius 2 is 2.18 bits per heavy atom. The summed E-state index contributed by atoms with van der Waals surface area (Å²) >= 11 is 3.55. The fourth-order valence-corrected chi connectivity index (χ4v) is 2.38. The molecule has 0 amide bonds. The zero-order valence-corrected chi connectivity index (χ0v) is 10.7. The Kier molecular flexibility index (Phi) is 2.40. The molecule has 1 aromatic carbocycles. The van der Waals surface area contributed by atoms with Crippen LogP contribution in [0.25, 0.3) is 22.6 Å². The van der Waals surface area contributed by atoms with Crippen molar-refractivity contribution in [2.24, 2.45) is 0 Å². The van der Waals surface area contributed by atoms with Gasteiger partial charge in [0.1, 0.15) is 17.7 Å². The molecule has 0 aliphatic rings. The lowest BCUT2D eigenvalue weighted by molar-refractivity contribution is 1.20. The third kappa shape index (κ3) is 1.82. The van der Waals surface area contributed by atoms with Gasteiger partial charge in [-0.3, -0.25) is 0 Å². The maximum absolute atomic E-state index is 4.44. The van der Waals surface area contributed by atoms with Crippen LogP contribution >= 0.6 is 15.9 Å². The minimum absolute atomic E-state index is 0.683. The highest BCUT2D eigenvalue weighted by molar-refractivity contribution is 9.10. The summed E-state index contributed by atoms with van der Waals surface area (Å²) in [7, 11) is 0. The van der Waals surface area contributed by atoms with E-state index in [0.29, 0.717) is 5.65 Å². The van der Waals surface area contributed by atoms with Gasteiger partial charge in [0.05, 0.1) is 6.20 Å².